The first-order valence-corrected chi connectivity index (χ1v) is 5.87. The summed E-state index contributed by atoms with van der Waals surface area (Å²) in [4.78, 5) is 18.6. The van der Waals surface area contributed by atoms with Gasteiger partial charge >= 0.3 is 5.97 Å². The Labute approximate surface area is 95.1 Å². The molecule has 1 unspecified atom stereocenters. The van der Waals surface area contributed by atoms with E-state index >= 15 is 0 Å². The van der Waals surface area contributed by atoms with E-state index in [-0.39, 0.29) is 5.92 Å². The quantitative estimate of drug-likeness (QED) is 0.822. The van der Waals surface area contributed by atoms with Gasteiger partial charge in [-0.1, -0.05) is 20.3 Å². The van der Waals surface area contributed by atoms with Gasteiger partial charge in [0.1, 0.15) is 11.7 Å². The van der Waals surface area contributed by atoms with Crippen LogP contribution in [0, 0.1) is 5.92 Å². The lowest BCUT2D eigenvalue weighted by molar-refractivity contribution is -0.140. The lowest BCUT2D eigenvalue weighted by atomic mass is 9.83. The molecule has 0 spiro atoms. The van der Waals surface area contributed by atoms with Crippen molar-refractivity contribution in [2.24, 2.45) is 5.92 Å². The number of imidazole rings is 1. The molecule has 4 heteroatoms. The number of nitrogens with one attached hydrogen (secondary N) is 1. The molecule has 0 bridgehead atoms. The summed E-state index contributed by atoms with van der Waals surface area (Å²) in [5.74, 6) is -0.0940. The Balaban J connectivity index is 2.18. The van der Waals surface area contributed by atoms with E-state index in [4.69, 9.17) is 5.11 Å². The first kappa shape index (κ1) is 11.2. The number of aliphatic carboxylic acids is 1. The van der Waals surface area contributed by atoms with E-state index in [0.29, 0.717) is 11.7 Å². The third kappa shape index (κ3) is 1.96. The number of rotatable bonds is 4. The predicted molar refractivity (Wildman–Crippen MR) is 60.4 cm³/mol. The molecule has 0 radical (unpaired) electrons. The zero-order valence-electron chi connectivity index (χ0n) is 9.73. The van der Waals surface area contributed by atoms with Crippen molar-refractivity contribution in [3.63, 3.8) is 0 Å². The third-order valence-electron chi connectivity index (χ3n) is 3.39. The SMILES string of the molecule is CC(C)C(C(=O)O)c1ncc(C2CCC2)[nH]1. The van der Waals surface area contributed by atoms with E-state index in [1.165, 1.54) is 19.3 Å². The largest absolute Gasteiger partial charge is 0.481 e. The fourth-order valence-corrected chi connectivity index (χ4v) is 2.15. The van der Waals surface area contributed by atoms with Crippen LogP contribution in [0.5, 0.6) is 0 Å². The maximum absolute atomic E-state index is 11.1. The average molecular weight is 222 g/mol. The minimum absolute atomic E-state index is 0.0536. The lowest BCUT2D eigenvalue weighted by Crippen LogP contribution is -2.19. The van der Waals surface area contributed by atoms with E-state index < -0.39 is 11.9 Å². The molecular formula is C12H18N2O2. The second kappa shape index (κ2) is 4.28. The maximum Gasteiger partial charge on any atom is 0.314 e. The third-order valence-corrected chi connectivity index (χ3v) is 3.39. The molecule has 1 aliphatic carbocycles. The smallest absolute Gasteiger partial charge is 0.314 e. The summed E-state index contributed by atoms with van der Waals surface area (Å²) in [6, 6.07) is 0. The number of carboxylic acid groups (broad SMARTS) is 1. The summed E-state index contributed by atoms with van der Waals surface area (Å²) >= 11 is 0. The van der Waals surface area contributed by atoms with Gasteiger partial charge in [-0.3, -0.25) is 4.79 Å². The van der Waals surface area contributed by atoms with Crippen LogP contribution in [-0.4, -0.2) is 21.0 Å². The molecule has 1 fully saturated rings. The zero-order valence-corrected chi connectivity index (χ0v) is 9.73. The molecule has 1 saturated carbocycles. The zero-order chi connectivity index (χ0) is 11.7. The molecule has 0 amide bonds. The van der Waals surface area contributed by atoms with Crippen molar-refractivity contribution in [1.82, 2.24) is 9.97 Å². The summed E-state index contributed by atoms with van der Waals surface area (Å²) in [7, 11) is 0. The first-order chi connectivity index (χ1) is 7.59. The van der Waals surface area contributed by atoms with E-state index in [9.17, 15) is 4.79 Å². The Bertz CT molecular complexity index is 380. The van der Waals surface area contributed by atoms with Gasteiger partial charge < -0.3 is 10.1 Å². The fraction of sp³-hybridized carbons (Fsp3) is 0.667. The van der Waals surface area contributed by atoms with Crippen LogP contribution in [0.2, 0.25) is 0 Å². The minimum atomic E-state index is -0.801. The molecule has 88 valence electrons. The Hall–Kier alpha value is -1.32. The predicted octanol–water partition coefficient (Wildman–Crippen LogP) is 2.50. The lowest BCUT2D eigenvalue weighted by Gasteiger charge is -2.23. The Kier molecular flexibility index (Phi) is 2.99. The molecule has 0 aromatic carbocycles. The summed E-state index contributed by atoms with van der Waals surface area (Å²) < 4.78 is 0. The van der Waals surface area contributed by atoms with E-state index in [0.717, 1.165) is 5.69 Å². The molecule has 1 aromatic heterocycles. The van der Waals surface area contributed by atoms with Gasteiger partial charge in [0.15, 0.2) is 0 Å². The molecule has 16 heavy (non-hydrogen) atoms. The molecule has 1 heterocycles. The van der Waals surface area contributed by atoms with Gasteiger partial charge in [0.25, 0.3) is 0 Å². The van der Waals surface area contributed by atoms with Gasteiger partial charge in [-0.05, 0) is 18.8 Å². The molecule has 1 atom stereocenters. The van der Waals surface area contributed by atoms with Gasteiger partial charge in [0, 0.05) is 17.8 Å². The van der Waals surface area contributed by atoms with Crippen LogP contribution in [0.15, 0.2) is 6.20 Å². The highest BCUT2D eigenvalue weighted by Crippen LogP contribution is 2.36. The highest BCUT2D eigenvalue weighted by molar-refractivity contribution is 5.75. The van der Waals surface area contributed by atoms with Crippen LogP contribution >= 0.6 is 0 Å². The number of aromatic amines is 1. The topological polar surface area (TPSA) is 66.0 Å². The van der Waals surface area contributed by atoms with Crippen molar-refractivity contribution in [2.75, 3.05) is 0 Å². The van der Waals surface area contributed by atoms with Gasteiger partial charge in [-0.15, -0.1) is 0 Å². The minimum Gasteiger partial charge on any atom is -0.481 e. The maximum atomic E-state index is 11.1. The summed E-state index contributed by atoms with van der Waals surface area (Å²) in [5, 5.41) is 9.16. The van der Waals surface area contributed by atoms with Crippen LogP contribution in [0.1, 0.15) is 56.5 Å². The number of hydrogen-bond donors (Lipinski definition) is 2. The number of hydrogen-bond acceptors (Lipinski definition) is 2. The Morgan fingerprint density at radius 2 is 2.25 bits per heavy atom. The van der Waals surface area contributed by atoms with Crippen molar-refractivity contribution in [3.05, 3.63) is 17.7 Å². The molecule has 2 N–H and O–H groups in total. The van der Waals surface area contributed by atoms with Crippen LogP contribution in [0.25, 0.3) is 0 Å². The molecular weight excluding hydrogens is 204 g/mol. The molecule has 2 rings (SSSR count). The number of carbonyl (C=O) groups is 1. The number of carboxylic acids is 1. The highest BCUT2D eigenvalue weighted by Gasteiger charge is 2.28. The van der Waals surface area contributed by atoms with Crippen molar-refractivity contribution >= 4 is 5.97 Å². The highest BCUT2D eigenvalue weighted by atomic mass is 16.4. The van der Waals surface area contributed by atoms with Gasteiger partial charge in [0.2, 0.25) is 0 Å². The Morgan fingerprint density at radius 3 is 2.69 bits per heavy atom. The number of aromatic nitrogens is 2. The first-order valence-electron chi connectivity index (χ1n) is 5.87. The fourth-order valence-electron chi connectivity index (χ4n) is 2.15. The Morgan fingerprint density at radius 1 is 1.56 bits per heavy atom. The molecule has 0 saturated heterocycles. The van der Waals surface area contributed by atoms with Gasteiger partial charge in [0.05, 0.1) is 0 Å². The van der Waals surface area contributed by atoms with Crippen molar-refractivity contribution < 1.29 is 9.90 Å². The van der Waals surface area contributed by atoms with Crippen molar-refractivity contribution in [3.8, 4) is 0 Å². The van der Waals surface area contributed by atoms with Gasteiger partial charge in [-0.2, -0.15) is 0 Å². The van der Waals surface area contributed by atoms with Crippen molar-refractivity contribution in [1.29, 1.82) is 0 Å². The normalized spacial score (nSPS) is 18.4. The molecule has 1 aliphatic rings. The second-order valence-corrected chi connectivity index (χ2v) is 4.91. The molecule has 0 aliphatic heterocycles. The molecule has 1 aromatic rings. The average Bonchev–Trinajstić information content (AvgIpc) is 2.48. The van der Waals surface area contributed by atoms with Crippen LogP contribution < -0.4 is 0 Å². The van der Waals surface area contributed by atoms with E-state index in [2.05, 4.69) is 9.97 Å². The summed E-state index contributed by atoms with van der Waals surface area (Å²) in [6.07, 6.45) is 5.46. The standard InChI is InChI=1S/C12H18N2O2/c1-7(2)10(12(15)16)11-13-6-9(14-11)8-4-3-5-8/h6-8,10H,3-5H2,1-2H3,(H,13,14)(H,15,16). The summed E-state index contributed by atoms with van der Waals surface area (Å²) in [6.45, 7) is 3.81. The van der Waals surface area contributed by atoms with Crippen molar-refractivity contribution in [2.45, 2.75) is 44.9 Å². The number of nitrogens with zero attached hydrogens (tertiary/aromatic N) is 1. The second-order valence-electron chi connectivity index (χ2n) is 4.91. The van der Waals surface area contributed by atoms with E-state index in [1.54, 1.807) is 6.20 Å². The number of H-pyrrole nitrogens is 1. The van der Waals surface area contributed by atoms with Crippen LogP contribution in [0.3, 0.4) is 0 Å². The van der Waals surface area contributed by atoms with Gasteiger partial charge in [-0.25, -0.2) is 4.98 Å². The molecule has 4 nitrogen and oxygen atoms in total. The van der Waals surface area contributed by atoms with Crippen LogP contribution in [0.4, 0.5) is 0 Å². The van der Waals surface area contributed by atoms with Crippen LogP contribution in [-0.2, 0) is 4.79 Å². The van der Waals surface area contributed by atoms with E-state index in [1.807, 2.05) is 13.8 Å². The summed E-state index contributed by atoms with van der Waals surface area (Å²) in [5.41, 5.74) is 1.10. The monoisotopic (exact) mass is 222 g/mol.